The lowest BCUT2D eigenvalue weighted by molar-refractivity contribution is 0.444. The SMILES string of the molecule is C=C1/C=C\C=C/c2cc3c(cc2O1)C1(c2ccccc2-c2c(N(c4cccc(-c5ccccc5)c4)C4(C)C=C5C(=CC4)c4ccccc4C5(C)C)cccc21)c1cccc2cccc-3c12. The minimum atomic E-state index is -0.654. The van der Waals surface area contributed by atoms with Gasteiger partial charge in [0.1, 0.15) is 11.5 Å². The molecule has 0 N–H and O–H groups in total. The summed E-state index contributed by atoms with van der Waals surface area (Å²) < 4.78 is 6.62. The summed E-state index contributed by atoms with van der Waals surface area (Å²) in [5, 5.41) is 2.54. The van der Waals surface area contributed by atoms with Crippen LogP contribution < -0.4 is 9.64 Å². The molecule has 8 aromatic rings. The van der Waals surface area contributed by atoms with Crippen LogP contribution in [0.2, 0.25) is 0 Å². The largest absolute Gasteiger partial charge is 0.457 e. The lowest BCUT2D eigenvalue weighted by Crippen LogP contribution is -2.44. The maximum atomic E-state index is 6.62. The Kier molecular flexibility index (Phi) is 7.95. The zero-order chi connectivity index (χ0) is 43.7. The molecule has 0 amide bonds. The molecule has 65 heavy (non-hydrogen) atoms. The average Bonchev–Trinajstić information content (AvgIpc) is 3.75. The van der Waals surface area contributed by atoms with Crippen LogP contribution in [0.25, 0.3) is 55.8 Å². The molecule has 0 saturated heterocycles. The number of rotatable bonds is 4. The first-order valence-electron chi connectivity index (χ1n) is 22.9. The molecule has 310 valence electrons. The van der Waals surface area contributed by atoms with E-state index in [2.05, 4.69) is 226 Å². The van der Waals surface area contributed by atoms with Gasteiger partial charge in [-0.05, 0) is 133 Å². The summed E-state index contributed by atoms with van der Waals surface area (Å²) in [6.07, 6.45) is 14.2. The minimum absolute atomic E-state index is 0.149. The Morgan fingerprint density at radius 3 is 2.09 bits per heavy atom. The molecule has 0 radical (unpaired) electrons. The second kappa shape index (κ2) is 13.7. The quantitative estimate of drug-likeness (QED) is 0.175. The van der Waals surface area contributed by atoms with Gasteiger partial charge in [0.2, 0.25) is 0 Å². The first-order chi connectivity index (χ1) is 31.8. The van der Waals surface area contributed by atoms with Crippen LogP contribution >= 0.6 is 0 Å². The molecular weight excluding hydrogens is 787 g/mol. The fourth-order valence-corrected chi connectivity index (χ4v) is 12.3. The molecule has 13 rings (SSSR count). The fourth-order valence-electron chi connectivity index (χ4n) is 12.3. The topological polar surface area (TPSA) is 12.5 Å². The molecule has 2 nitrogen and oxygen atoms in total. The van der Waals surface area contributed by atoms with Crippen LogP contribution in [0, 0.1) is 0 Å². The van der Waals surface area contributed by atoms with E-state index in [9.17, 15) is 0 Å². The Labute approximate surface area is 381 Å². The number of benzene rings is 8. The molecule has 1 spiro atoms. The van der Waals surface area contributed by atoms with Gasteiger partial charge in [-0.3, -0.25) is 0 Å². The van der Waals surface area contributed by atoms with Crippen molar-refractivity contribution in [1.29, 1.82) is 0 Å². The Morgan fingerprint density at radius 2 is 1.23 bits per heavy atom. The van der Waals surface area contributed by atoms with Crippen molar-refractivity contribution in [2.45, 2.75) is 43.6 Å². The number of anilines is 2. The average molecular weight is 834 g/mol. The number of hydrogen-bond donors (Lipinski definition) is 0. The highest BCUT2D eigenvalue weighted by molar-refractivity contribution is 6.08. The Hall–Kier alpha value is -7.68. The Balaban J connectivity index is 1.12. The van der Waals surface area contributed by atoms with Crippen LogP contribution in [0.5, 0.6) is 5.75 Å². The van der Waals surface area contributed by atoms with Gasteiger partial charge in [-0.1, -0.05) is 190 Å². The Morgan fingerprint density at radius 1 is 0.554 bits per heavy atom. The lowest BCUT2D eigenvalue weighted by Gasteiger charge is -2.45. The molecule has 2 heteroatoms. The van der Waals surface area contributed by atoms with Crippen molar-refractivity contribution in [3.8, 4) is 39.1 Å². The molecule has 4 aliphatic carbocycles. The summed E-state index contributed by atoms with van der Waals surface area (Å²) in [4.78, 5) is 2.68. The highest BCUT2D eigenvalue weighted by atomic mass is 16.5. The third-order valence-corrected chi connectivity index (χ3v) is 15.1. The maximum absolute atomic E-state index is 6.62. The predicted molar refractivity (Wildman–Crippen MR) is 271 cm³/mol. The van der Waals surface area contributed by atoms with Crippen molar-refractivity contribution in [2.75, 3.05) is 4.90 Å². The minimum Gasteiger partial charge on any atom is -0.457 e. The number of allylic oxidation sites excluding steroid dienone is 5. The predicted octanol–water partition coefficient (Wildman–Crippen LogP) is 15.9. The monoisotopic (exact) mass is 833 g/mol. The first kappa shape index (κ1) is 37.8. The summed E-state index contributed by atoms with van der Waals surface area (Å²) in [5.74, 6) is 1.43. The van der Waals surface area contributed by atoms with Gasteiger partial charge in [-0.15, -0.1) is 0 Å². The molecule has 1 heterocycles. The number of fused-ring (bicyclic) bond motifs is 13. The third kappa shape index (κ3) is 5.23. The zero-order valence-corrected chi connectivity index (χ0v) is 36.9. The van der Waals surface area contributed by atoms with Gasteiger partial charge in [-0.2, -0.15) is 0 Å². The lowest BCUT2D eigenvalue weighted by atomic mass is 9.61. The molecule has 0 fully saturated rings. The van der Waals surface area contributed by atoms with E-state index >= 15 is 0 Å². The second-order valence-electron chi connectivity index (χ2n) is 19.1. The zero-order valence-electron chi connectivity index (χ0n) is 36.9. The van der Waals surface area contributed by atoms with E-state index in [1.807, 2.05) is 12.2 Å². The van der Waals surface area contributed by atoms with E-state index in [0.29, 0.717) is 5.76 Å². The Bertz CT molecular complexity index is 3500. The number of nitrogens with zero attached hydrogens (tertiary/aromatic N) is 1. The van der Waals surface area contributed by atoms with Crippen LogP contribution in [0.1, 0.15) is 66.1 Å². The van der Waals surface area contributed by atoms with Crippen LogP contribution in [-0.4, -0.2) is 5.54 Å². The van der Waals surface area contributed by atoms with Gasteiger partial charge in [0.05, 0.1) is 16.6 Å². The number of hydrogen-bond acceptors (Lipinski definition) is 2. The van der Waals surface area contributed by atoms with E-state index in [1.54, 1.807) is 0 Å². The molecule has 0 bridgehead atoms. The highest BCUT2D eigenvalue weighted by Crippen LogP contribution is 2.65. The van der Waals surface area contributed by atoms with Gasteiger partial charge in [0, 0.05) is 22.2 Å². The van der Waals surface area contributed by atoms with E-state index in [1.165, 1.54) is 94.4 Å². The van der Waals surface area contributed by atoms with Crippen molar-refractivity contribution in [3.05, 3.63) is 257 Å². The van der Waals surface area contributed by atoms with Gasteiger partial charge in [0.25, 0.3) is 0 Å². The highest BCUT2D eigenvalue weighted by Gasteiger charge is 2.52. The molecular formula is C63H47NO. The van der Waals surface area contributed by atoms with Gasteiger partial charge in [0.15, 0.2) is 0 Å². The molecule has 0 saturated carbocycles. The van der Waals surface area contributed by atoms with Gasteiger partial charge in [-0.25, -0.2) is 0 Å². The molecule has 2 atom stereocenters. The smallest absolute Gasteiger partial charge is 0.134 e. The standard InChI is InChI=1S/C63H47NO/c1-40-18-8-9-21-44-37-50-48-28-15-22-42-23-16-31-53(59(42)48)63(55(50)38-58(44)65-40)52-30-13-11-27-49(52)60-54(63)32-17-33-57(60)64(45-25-14-24-43(36-45)41-19-6-5-7-20-41)62(4)35-34-47-46-26-10-12-29-51(46)61(2,3)56(47)39-62/h5-34,36-39H,1,35H2,2-4H3/b18-8-,21-9-. The molecule has 1 aliphatic heterocycles. The van der Waals surface area contributed by atoms with Crippen molar-refractivity contribution < 1.29 is 4.74 Å². The molecule has 2 unspecified atom stereocenters. The van der Waals surface area contributed by atoms with Crippen molar-refractivity contribution in [2.24, 2.45) is 0 Å². The molecule has 8 aromatic carbocycles. The van der Waals surface area contributed by atoms with Gasteiger partial charge < -0.3 is 9.64 Å². The van der Waals surface area contributed by atoms with E-state index in [-0.39, 0.29) is 5.41 Å². The van der Waals surface area contributed by atoms with E-state index < -0.39 is 11.0 Å². The second-order valence-corrected chi connectivity index (χ2v) is 19.1. The van der Waals surface area contributed by atoms with Gasteiger partial charge >= 0.3 is 0 Å². The molecule has 5 aliphatic rings. The van der Waals surface area contributed by atoms with Crippen molar-refractivity contribution >= 4 is 33.8 Å². The van der Waals surface area contributed by atoms with E-state index in [0.717, 1.165) is 23.4 Å². The molecule has 0 aromatic heterocycles. The number of ether oxygens (including phenoxy) is 1. The summed E-state index contributed by atoms with van der Waals surface area (Å²) in [7, 11) is 0. The summed E-state index contributed by atoms with van der Waals surface area (Å²) in [5.41, 5.74) is 20.1. The van der Waals surface area contributed by atoms with E-state index in [4.69, 9.17) is 4.74 Å². The fraction of sp³-hybridized carbons (Fsp3) is 0.111. The summed E-state index contributed by atoms with van der Waals surface area (Å²) in [6.45, 7) is 11.5. The van der Waals surface area contributed by atoms with Crippen molar-refractivity contribution in [3.63, 3.8) is 0 Å². The summed E-state index contributed by atoms with van der Waals surface area (Å²) >= 11 is 0. The van der Waals surface area contributed by atoms with Crippen LogP contribution in [0.15, 0.2) is 218 Å². The first-order valence-corrected chi connectivity index (χ1v) is 22.9. The van der Waals surface area contributed by atoms with Crippen molar-refractivity contribution in [1.82, 2.24) is 0 Å². The third-order valence-electron chi connectivity index (χ3n) is 15.1. The van der Waals surface area contributed by atoms with Crippen LogP contribution in [0.3, 0.4) is 0 Å². The van der Waals surface area contributed by atoms with Crippen LogP contribution in [-0.2, 0) is 10.8 Å². The normalized spacial score (nSPS) is 21.0. The summed E-state index contributed by atoms with van der Waals surface area (Å²) in [6, 6.07) is 63.7. The maximum Gasteiger partial charge on any atom is 0.134 e. The van der Waals surface area contributed by atoms with Crippen LogP contribution in [0.4, 0.5) is 11.4 Å².